The van der Waals surface area contributed by atoms with Gasteiger partial charge >= 0.3 is 0 Å². The third kappa shape index (κ3) is 2.77. The lowest BCUT2D eigenvalue weighted by molar-refractivity contribution is -0.111. The van der Waals surface area contributed by atoms with E-state index < -0.39 is 0 Å². The highest BCUT2D eigenvalue weighted by molar-refractivity contribution is 6.01. The molecule has 20 heavy (non-hydrogen) atoms. The Bertz CT molecular complexity index is 635. The van der Waals surface area contributed by atoms with Crippen LogP contribution >= 0.6 is 0 Å². The van der Waals surface area contributed by atoms with Crippen molar-refractivity contribution in [1.82, 2.24) is 9.97 Å². The van der Waals surface area contributed by atoms with E-state index in [1.54, 1.807) is 6.33 Å². The third-order valence-electron chi connectivity index (χ3n) is 3.13. The van der Waals surface area contributed by atoms with Crippen LogP contribution in [0.1, 0.15) is 13.8 Å². The minimum absolute atomic E-state index is 0.234. The Balaban J connectivity index is 2.45. The number of hydrogen-bond donors (Lipinski definition) is 1. The first-order chi connectivity index (χ1) is 9.69. The summed E-state index contributed by atoms with van der Waals surface area (Å²) in [6.07, 6.45) is 2.79. The molecule has 0 saturated heterocycles. The number of carbonyl (C=O) groups is 1. The van der Waals surface area contributed by atoms with Gasteiger partial charge in [-0.15, -0.1) is 0 Å². The standard InChI is InChI=1S/C15H18N4O/c1-4-14(20)18-11-7-8-12-13(9-11)16-10-17-15(12)19(5-2)6-3/h4,7-10H,1,5-6H2,2-3H3,(H,18,20). The average Bonchev–Trinajstić information content (AvgIpc) is 2.48. The number of anilines is 2. The Hall–Kier alpha value is -2.43. The second kappa shape index (κ2) is 6.14. The Labute approximate surface area is 118 Å². The molecule has 2 aromatic rings. The molecule has 104 valence electrons. The van der Waals surface area contributed by atoms with E-state index in [2.05, 4.69) is 40.6 Å². The van der Waals surface area contributed by atoms with Gasteiger partial charge in [0.1, 0.15) is 12.1 Å². The van der Waals surface area contributed by atoms with E-state index in [1.807, 2.05) is 18.2 Å². The first kappa shape index (κ1) is 14.0. The molecule has 0 fully saturated rings. The van der Waals surface area contributed by atoms with Crippen LogP contribution in [-0.2, 0) is 4.79 Å². The lowest BCUT2D eigenvalue weighted by Gasteiger charge is -2.21. The number of benzene rings is 1. The van der Waals surface area contributed by atoms with Crippen molar-refractivity contribution in [2.45, 2.75) is 13.8 Å². The molecule has 1 heterocycles. The largest absolute Gasteiger partial charge is 0.357 e. The fourth-order valence-corrected chi connectivity index (χ4v) is 2.09. The van der Waals surface area contributed by atoms with E-state index in [0.717, 1.165) is 29.8 Å². The second-order valence-corrected chi connectivity index (χ2v) is 4.29. The number of aromatic nitrogens is 2. The molecule has 0 bridgehead atoms. The normalized spacial score (nSPS) is 10.3. The maximum Gasteiger partial charge on any atom is 0.247 e. The van der Waals surface area contributed by atoms with Gasteiger partial charge < -0.3 is 10.2 Å². The highest BCUT2D eigenvalue weighted by Crippen LogP contribution is 2.25. The number of hydrogen-bond acceptors (Lipinski definition) is 4. The van der Waals surface area contributed by atoms with Crippen molar-refractivity contribution in [1.29, 1.82) is 0 Å². The predicted molar refractivity (Wildman–Crippen MR) is 81.9 cm³/mol. The molecule has 2 rings (SSSR count). The van der Waals surface area contributed by atoms with Gasteiger partial charge in [-0.1, -0.05) is 6.58 Å². The predicted octanol–water partition coefficient (Wildman–Crippen LogP) is 2.60. The van der Waals surface area contributed by atoms with E-state index >= 15 is 0 Å². The van der Waals surface area contributed by atoms with Crippen molar-refractivity contribution < 1.29 is 4.79 Å². The summed E-state index contributed by atoms with van der Waals surface area (Å²) in [5.41, 5.74) is 1.51. The van der Waals surface area contributed by atoms with Gasteiger partial charge in [0.25, 0.3) is 0 Å². The van der Waals surface area contributed by atoms with Gasteiger partial charge in [-0.25, -0.2) is 9.97 Å². The Kier molecular flexibility index (Phi) is 4.30. The Morgan fingerprint density at radius 1 is 1.35 bits per heavy atom. The van der Waals surface area contributed by atoms with Crippen LogP contribution in [0.15, 0.2) is 37.2 Å². The molecule has 0 aliphatic carbocycles. The van der Waals surface area contributed by atoms with Crippen LogP contribution in [0.5, 0.6) is 0 Å². The molecule has 0 atom stereocenters. The van der Waals surface area contributed by atoms with Gasteiger partial charge in [-0.3, -0.25) is 4.79 Å². The minimum Gasteiger partial charge on any atom is -0.357 e. The van der Waals surface area contributed by atoms with Crippen LogP contribution in [0.4, 0.5) is 11.5 Å². The van der Waals surface area contributed by atoms with Gasteiger partial charge in [0.2, 0.25) is 5.91 Å². The fourth-order valence-electron chi connectivity index (χ4n) is 2.09. The molecular formula is C15H18N4O. The number of rotatable bonds is 5. The number of carbonyl (C=O) groups excluding carboxylic acids is 1. The van der Waals surface area contributed by atoms with Gasteiger partial charge in [0.05, 0.1) is 5.52 Å². The summed E-state index contributed by atoms with van der Waals surface area (Å²) in [6.45, 7) is 9.39. The molecule has 1 aromatic heterocycles. The molecule has 0 unspecified atom stereocenters. The van der Waals surface area contributed by atoms with Crippen LogP contribution < -0.4 is 10.2 Å². The first-order valence-corrected chi connectivity index (χ1v) is 6.62. The molecule has 0 saturated carbocycles. The topological polar surface area (TPSA) is 58.1 Å². The van der Waals surface area contributed by atoms with Gasteiger partial charge in [-0.05, 0) is 38.1 Å². The Morgan fingerprint density at radius 2 is 2.10 bits per heavy atom. The summed E-state index contributed by atoms with van der Waals surface area (Å²) in [5.74, 6) is 0.684. The number of nitrogens with zero attached hydrogens (tertiary/aromatic N) is 3. The van der Waals surface area contributed by atoms with E-state index in [9.17, 15) is 4.79 Å². The van der Waals surface area contributed by atoms with Crippen LogP contribution in [-0.4, -0.2) is 29.0 Å². The van der Waals surface area contributed by atoms with Gasteiger partial charge in [0.15, 0.2) is 0 Å². The SMILES string of the molecule is C=CC(=O)Nc1ccc2c(N(CC)CC)ncnc2c1. The molecule has 5 heteroatoms. The first-order valence-electron chi connectivity index (χ1n) is 6.62. The molecule has 0 spiro atoms. The smallest absolute Gasteiger partial charge is 0.247 e. The molecule has 0 aliphatic heterocycles. The second-order valence-electron chi connectivity index (χ2n) is 4.29. The van der Waals surface area contributed by atoms with Crippen molar-refractivity contribution in [3.05, 3.63) is 37.2 Å². The quantitative estimate of drug-likeness (QED) is 0.848. The van der Waals surface area contributed by atoms with Gasteiger partial charge in [0, 0.05) is 24.2 Å². The molecule has 1 amide bonds. The maximum absolute atomic E-state index is 11.3. The van der Waals surface area contributed by atoms with Crippen molar-refractivity contribution >= 4 is 28.3 Å². The van der Waals surface area contributed by atoms with Crippen molar-refractivity contribution in [2.24, 2.45) is 0 Å². The zero-order valence-corrected chi connectivity index (χ0v) is 11.8. The lowest BCUT2D eigenvalue weighted by atomic mass is 10.2. The highest BCUT2D eigenvalue weighted by Gasteiger charge is 2.10. The monoisotopic (exact) mass is 270 g/mol. The number of amides is 1. The van der Waals surface area contributed by atoms with Crippen LogP contribution in [0.25, 0.3) is 10.9 Å². The summed E-state index contributed by atoms with van der Waals surface area (Å²) in [5, 5.41) is 3.71. The summed E-state index contributed by atoms with van der Waals surface area (Å²) in [7, 11) is 0. The Morgan fingerprint density at radius 3 is 2.75 bits per heavy atom. The van der Waals surface area contributed by atoms with E-state index in [4.69, 9.17) is 0 Å². The summed E-state index contributed by atoms with van der Waals surface area (Å²) >= 11 is 0. The molecule has 1 N–H and O–H groups in total. The molecular weight excluding hydrogens is 252 g/mol. The van der Waals surface area contributed by atoms with E-state index in [1.165, 1.54) is 6.08 Å². The average molecular weight is 270 g/mol. The van der Waals surface area contributed by atoms with Crippen molar-refractivity contribution in [3.8, 4) is 0 Å². The number of fused-ring (bicyclic) bond motifs is 1. The summed E-state index contributed by atoms with van der Waals surface area (Å²) in [6, 6.07) is 5.62. The van der Waals surface area contributed by atoms with E-state index in [0.29, 0.717) is 5.69 Å². The number of nitrogens with one attached hydrogen (secondary N) is 1. The highest BCUT2D eigenvalue weighted by atomic mass is 16.1. The maximum atomic E-state index is 11.3. The fraction of sp³-hybridized carbons (Fsp3) is 0.267. The van der Waals surface area contributed by atoms with Crippen LogP contribution in [0, 0.1) is 0 Å². The lowest BCUT2D eigenvalue weighted by Crippen LogP contribution is -2.23. The van der Waals surface area contributed by atoms with Crippen molar-refractivity contribution in [2.75, 3.05) is 23.3 Å². The zero-order chi connectivity index (χ0) is 14.5. The van der Waals surface area contributed by atoms with Crippen LogP contribution in [0.3, 0.4) is 0 Å². The zero-order valence-electron chi connectivity index (χ0n) is 11.8. The van der Waals surface area contributed by atoms with E-state index in [-0.39, 0.29) is 5.91 Å². The van der Waals surface area contributed by atoms with Gasteiger partial charge in [-0.2, -0.15) is 0 Å². The molecule has 1 aromatic carbocycles. The molecule has 0 radical (unpaired) electrons. The van der Waals surface area contributed by atoms with Crippen molar-refractivity contribution in [3.63, 3.8) is 0 Å². The minimum atomic E-state index is -0.234. The molecule has 0 aliphatic rings. The summed E-state index contributed by atoms with van der Waals surface area (Å²) < 4.78 is 0. The summed E-state index contributed by atoms with van der Waals surface area (Å²) in [4.78, 5) is 22.1. The van der Waals surface area contributed by atoms with Crippen LogP contribution in [0.2, 0.25) is 0 Å². The third-order valence-corrected chi connectivity index (χ3v) is 3.13. The molecule has 5 nitrogen and oxygen atoms in total.